The van der Waals surface area contributed by atoms with Crippen molar-refractivity contribution in [2.24, 2.45) is 5.41 Å². The van der Waals surface area contributed by atoms with E-state index in [1.165, 1.54) is 12.2 Å². The summed E-state index contributed by atoms with van der Waals surface area (Å²) in [5, 5.41) is 1.18. The Balaban J connectivity index is 2.12. The molecule has 2 aliphatic rings. The first kappa shape index (κ1) is 15.1. The van der Waals surface area contributed by atoms with Crippen molar-refractivity contribution >= 4 is 12.0 Å². The molecule has 0 bridgehead atoms. The van der Waals surface area contributed by atoms with Crippen LogP contribution in [0.1, 0.15) is 40.0 Å². The summed E-state index contributed by atoms with van der Waals surface area (Å²) in [6, 6.07) is -0.475. The molecule has 0 N–H and O–H groups in total. The Kier molecular flexibility index (Phi) is 3.71. The molecule has 1 spiro atoms. The molecule has 20 heavy (non-hydrogen) atoms. The predicted molar refractivity (Wildman–Crippen MR) is 72.8 cm³/mol. The average molecular weight is 284 g/mol. The molecule has 1 saturated heterocycles. The van der Waals surface area contributed by atoms with Crippen LogP contribution in [0.25, 0.3) is 0 Å². The summed E-state index contributed by atoms with van der Waals surface area (Å²) in [4.78, 5) is 31.1. The zero-order chi connectivity index (χ0) is 15.1. The van der Waals surface area contributed by atoms with Gasteiger partial charge in [0.05, 0.1) is 7.11 Å². The molecule has 2 fully saturated rings. The van der Waals surface area contributed by atoms with Gasteiger partial charge in [0.15, 0.2) is 0 Å². The summed E-state index contributed by atoms with van der Waals surface area (Å²) >= 11 is 0. The van der Waals surface area contributed by atoms with Crippen LogP contribution in [-0.2, 0) is 14.4 Å². The van der Waals surface area contributed by atoms with Crippen LogP contribution in [0.4, 0.5) is 4.79 Å². The van der Waals surface area contributed by atoms with Crippen molar-refractivity contribution in [1.82, 2.24) is 9.96 Å². The van der Waals surface area contributed by atoms with Crippen molar-refractivity contribution in [2.75, 3.05) is 20.7 Å². The summed E-state index contributed by atoms with van der Waals surface area (Å²) in [5.74, 6) is -0.192. The minimum Gasteiger partial charge on any atom is -0.444 e. The fraction of sp³-hybridized carbons (Fsp3) is 0.857. The summed E-state index contributed by atoms with van der Waals surface area (Å²) < 4.78 is 5.41. The number of nitrogens with zero attached hydrogens (tertiary/aromatic N) is 2. The maximum Gasteiger partial charge on any atom is 0.410 e. The molecule has 114 valence electrons. The molecule has 1 heterocycles. The van der Waals surface area contributed by atoms with Gasteiger partial charge in [-0.15, -0.1) is 0 Å². The predicted octanol–water partition coefficient (Wildman–Crippen LogP) is 1.80. The first-order valence-electron chi connectivity index (χ1n) is 6.99. The van der Waals surface area contributed by atoms with Crippen LogP contribution in [0.3, 0.4) is 0 Å². The van der Waals surface area contributed by atoms with Gasteiger partial charge in [0.2, 0.25) is 0 Å². The van der Waals surface area contributed by atoms with Crippen LogP contribution in [0.15, 0.2) is 0 Å². The molecule has 1 aliphatic carbocycles. The molecule has 1 aliphatic heterocycles. The molecular weight excluding hydrogens is 260 g/mol. The van der Waals surface area contributed by atoms with Gasteiger partial charge in [-0.05, 0) is 45.4 Å². The lowest BCUT2D eigenvalue weighted by Gasteiger charge is -2.29. The Hall–Kier alpha value is -1.30. The second kappa shape index (κ2) is 4.91. The van der Waals surface area contributed by atoms with Gasteiger partial charge in [-0.3, -0.25) is 14.5 Å². The number of carbonyl (C=O) groups is 2. The van der Waals surface area contributed by atoms with Gasteiger partial charge in [-0.1, -0.05) is 0 Å². The van der Waals surface area contributed by atoms with Gasteiger partial charge in [0.1, 0.15) is 11.6 Å². The van der Waals surface area contributed by atoms with Crippen LogP contribution < -0.4 is 0 Å². The van der Waals surface area contributed by atoms with E-state index in [0.717, 1.165) is 12.8 Å². The highest BCUT2D eigenvalue weighted by atomic mass is 16.7. The topological polar surface area (TPSA) is 59.1 Å². The normalized spacial score (nSPS) is 23.9. The highest BCUT2D eigenvalue weighted by molar-refractivity contribution is 5.86. The number of hydroxylamine groups is 2. The molecule has 0 aromatic rings. The fourth-order valence-corrected chi connectivity index (χ4v) is 2.63. The van der Waals surface area contributed by atoms with Crippen molar-refractivity contribution in [1.29, 1.82) is 0 Å². The monoisotopic (exact) mass is 284 g/mol. The van der Waals surface area contributed by atoms with E-state index in [2.05, 4.69) is 0 Å². The van der Waals surface area contributed by atoms with Crippen LogP contribution in [0, 0.1) is 5.41 Å². The first-order chi connectivity index (χ1) is 9.17. The molecule has 6 heteroatoms. The van der Waals surface area contributed by atoms with E-state index in [9.17, 15) is 9.59 Å². The third-order valence-electron chi connectivity index (χ3n) is 3.96. The Morgan fingerprint density at radius 2 is 1.90 bits per heavy atom. The minimum absolute atomic E-state index is 0.131. The van der Waals surface area contributed by atoms with Gasteiger partial charge in [-0.25, -0.2) is 9.86 Å². The molecule has 2 rings (SSSR count). The van der Waals surface area contributed by atoms with Gasteiger partial charge in [0.25, 0.3) is 5.91 Å². The van der Waals surface area contributed by atoms with Crippen molar-refractivity contribution in [2.45, 2.75) is 51.7 Å². The van der Waals surface area contributed by atoms with E-state index in [-0.39, 0.29) is 11.3 Å². The standard InChI is InChI=1S/C14H24N2O4/c1-13(2,3)20-12(18)16-9-14(6-7-14)8-10(16)11(17)15(4)19-5/h10H,6-9H2,1-5H3/t10-/m1/s1. The van der Waals surface area contributed by atoms with Gasteiger partial charge in [-0.2, -0.15) is 0 Å². The van der Waals surface area contributed by atoms with Gasteiger partial charge in [0, 0.05) is 13.6 Å². The average Bonchev–Trinajstić information content (AvgIpc) is 2.96. The van der Waals surface area contributed by atoms with E-state index in [0.29, 0.717) is 13.0 Å². The quantitative estimate of drug-likeness (QED) is 0.725. The highest BCUT2D eigenvalue weighted by Gasteiger charge is 2.56. The summed E-state index contributed by atoms with van der Waals surface area (Å²) in [6.45, 7) is 6.08. The summed E-state index contributed by atoms with van der Waals surface area (Å²) in [6.07, 6.45) is 2.45. The summed E-state index contributed by atoms with van der Waals surface area (Å²) in [5.41, 5.74) is -0.428. The Morgan fingerprint density at radius 3 is 2.35 bits per heavy atom. The van der Waals surface area contributed by atoms with Crippen LogP contribution >= 0.6 is 0 Å². The molecular formula is C14H24N2O4. The van der Waals surface area contributed by atoms with Crippen molar-refractivity contribution < 1.29 is 19.2 Å². The zero-order valence-corrected chi connectivity index (χ0v) is 12.9. The number of likely N-dealkylation sites (N-methyl/N-ethyl adjacent to an activating group) is 1. The largest absolute Gasteiger partial charge is 0.444 e. The number of ether oxygens (including phenoxy) is 1. The van der Waals surface area contributed by atoms with Gasteiger partial charge >= 0.3 is 6.09 Å². The molecule has 1 saturated carbocycles. The van der Waals surface area contributed by atoms with Crippen molar-refractivity contribution in [3.8, 4) is 0 Å². The Morgan fingerprint density at radius 1 is 1.30 bits per heavy atom. The molecule has 1 atom stereocenters. The lowest BCUT2D eigenvalue weighted by molar-refractivity contribution is -0.173. The number of amides is 2. The smallest absolute Gasteiger partial charge is 0.410 e. The van der Waals surface area contributed by atoms with E-state index in [1.807, 2.05) is 20.8 Å². The molecule has 6 nitrogen and oxygen atoms in total. The van der Waals surface area contributed by atoms with Crippen LogP contribution in [0.2, 0.25) is 0 Å². The number of likely N-dealkylation sites (tertiary alicyclic amines) is 1. The Bertz CT molecular complexity index is 412. The maximum absolute atomic E-state index is 12.3. The first-order valence-corrected chi connectivity index (χ1v) is 6.99. The van der Waals surface area contributed by atoms with Gasteiger partial charge < -0.3 is 4.74 Å². The lowest BCUT2D eigenvalue weighted by Crippen LogP contribution is -2.47. The highest BCUT2D eigenvalue weighted by Crippen LogP contribution is 2.55. The van der Waals surface area contributed by atoms with Crippen LogP contribution in [0.5, 0.6) is 0 Å². The van der Waals surface area contributed by atoms with Crippen molar-refractivity contribution in [3.05, 3.63) is 0 Å². The maximum atomic E-state index is 12.3. The van der Waals surface area contributed by atoms with E-state index in [4.69, 9.17) is 9.57 Å². The molecule has 0 radical (unpaired) electrons. The molecule has 2 amide bonds. The number of carbonyl (C=O) groups excluding carboxylic acids is 2. The minimum atomic E-state index is -0.558. The van der Waals surface area contributed by atoms with Crippen LogP contribution in [-0.4, -0.2) is 54.3 Å². The Labute approximate surface area is 119 Å². The van der Waals surface area contributed by atoms with E-state index in [1.54, 1.807) is 11.9 Å². The number of rotatable bonds is 2. The zero-order valence-electron chi connectivity index (χ0n) is 12.9. The molecule has 0 aromatic heterocycles. The molecule has 0 aromatic carbocycles. The lowest BCUT2D eigenvalue weighted by atomic mass is 10.0. The van der Waals surface area contributed by atoms with E-state index < -0.39 is 17.7 Å². The van der Waals surface area contributed by atoms with E-state index >= 15 is 0 Å². The number of hydrogen-bond acceptors (Lipinski definition) is 4. The second-order valence-electron chi connectivity index (χ2n) is 6.85. The number of hydrogen-bond donors (Lipinski definition) is 0. The summed E-state index contributed by atoms with van der Waals surface area (Å²) in [7, 11) is 3.01. The fourth-order valence-electron chi connectivity index (χ4n) is 2.63. The SMILES string of the molecule is CON(C)C(=O)[C@H]1CC2(CC2)CN1C(=O)OC(C)(C)C. The van der Waals surface area contributed by atoms with Crippen molar-refractivity contribution in [3.63, 3.8) is 0 Å². The second-order valence-corrected chi connectivity index (χ2v) is 6.85. The third kappa shape index (κ3) is 3.06. The third-order valence-corrected chi connectivity index (χ3v) is 3.96. The molecule has 0 unspecified atom stereocenters.